The van der Waals surface area contributed by atoms with Crippen molar-refractivity contribution in [3.05, 3.63) is 29.8 Å². The number of methoxy groups -OCH3 is 1. The Labute approximate surface area is 193 Å². The third-order valence-corrected chi connectivity index (χ3v) is 5.75. The molecule has 6 N–H and O–H groups in total. The average molecular weight is 485 g/mol. The largest absolute Gasteiger partial charge is 0.479 e. The molecule has 188 valence electrons. The first-order valence-corrected chi connectivity index (χ1v) is 10.4. The lowest BCUT2D eigenvalue weighted by Gasteiger charge is -2.45. The highest BCUT2D eigenvalue weighted by Crippen LogP contribution is 2.30. The molecule has 10 atom stereocenters. The minimum Gasteiger partial charge on any atom is -0.479 e. The number of hydrogen-bond acceptors (Lipinski definition) is 11. The van der Waals surface area contributed by atoms with E-state index in [0.29, 0.717) is 17.5 Å². The fourth-order valence-corrected chi connectivity index (χ4v) is 3.83. The highest BCUT2D eigenvalue weighted by molar-refractivity contribution is 5.95. The monoisotopic (exact) mass is 485 g/mol. The summed E-state index contributed by atoms with van der Waals surface area (Å²) in [5.41, 5.74) is 0.678. The Hall–Kier alpha value is -2.49. The van der Waals surface area contributed by atoms with Crippen LogP contribution >= 0.6 is 0 Å². The third kappa shape index (κ3) is 5.26. The highest BCUT2D eigenvalue weighted by Gasteiger charge is 2.53. The number of benzene rings is 1. The third-order valence-electron chi connectivity index (χ3n) is 5.75. The van der Waals surface area contributed by atoms with Crippen LogP contribution in [0, 0.1) is 0 Å². The molecule has 2 heterocycles. The fourth-order valence-electron chi connectivity index (χ4n) is 3.83. The van der Waals surface area contributed by atoms with Crippen LogP contribution in [0.25, 0.3) is 0 Å². The van der Waals surface area contributed by atoms with Gasteiger partial charge in [-0.25, -0.2) is 4.79 Å². The maximum absolute atomic E-state index is 12.9. The zero-order valence-corrected chi connectivity index (χ0v) is 18.3. The molecule has 2 fully saturated rings. The van der Waals surface area contributed by atoms with Gasteiger partial charge in [0.2, 0.25) is 0 Å². The standard InChI is InChI=1S/C21H27NO12/c1-8-11(24)12(25)16(18(32-8)20(29)30)33-21-14(27)13(26)15(31-2)17(34-21)19(28)22-10-5-3-9(7-23)4-6-10/h3-8,11-18,21,24-27H,1-2H3,(H,22,28)(H,29,30)/t8-,11?,12?,13?,14?,15-,16-,17-,18+,21-/m0/s1. The van der Waals surface area contributed by atoms with E-state index >= 15 is 0 Å². The number of hydrogen-bond donors (Lipinski definition) is 6. The number of carbonyl (C=O) groups is 3. The number of aldehydes is 1. The Bertz CT molecular complexity index is 879. The lowest BCUT2D eigenvalue weighted by Crippen LogP contribution is -2.65. The summed E-state index contributed by atoms with van der Waals surface area (Å²) < 4.78 is 21.3. The van der Waals surface area contributed by atoms with Crippen molar-refractivity contribution in [1.29, 1.82) is 0 Å². The van der Waals surface area contributed by atoms with E-state index < -0.39 is 73.1 Å². The number of carboxylic acid groups (broad SMARTS) is 1. The van der Waals surface area contributed by atoms with Crippen LogP contribution in [0.1, 0.15) is 17.3 Å². The van der Waals surface area contributed by atoms with Gasteiger partial charge in [-0.3, -0.25) is 9.59 Å². The number of nitrogens with one attached hydrogen (secondary N) is 1. The lowest BCUT2D eigenvalue weighted by atomic mass is 9.94. The Morgan fingerprint density at radius 2 is 1.56 bits per heavy atom. The van der Waals surface area contributed by atoms with Gasteiger partial charge in [0.15, 0.2) is 18.5 Å². The van der Waals surface area contributed by atoms with Crippen LogP contribution in [-0.4, -0.2) is 112 Å². The van der Waals surface area contributed by atoms with Gasteiger partial charge >= 0.3 is 5.97 Å². The number of aliphatic carboxylic acids is 1. The highest BCUT2D eigenvalue weighted by atomic mass is 16.7. The molecule has 34 heavy (non-hydrogen) atoms. The molecule has 2 saturated heterocycles. The Balaban J connectivity index is 1.80. The lowest BCUT2D eigenvalue weighted by molar-refractivity contribution is -0.331. The molecule has 1 aromatic rings. The van der Waals surface area contributed by atoms with Crippen molar-refractivity contribution in [2.24, 2.45) is 0 Å². The molecule has 0 aliphatic carbocycles. The fraction of sp³-hybridized carbons (Fsp3) is 0.571. The summed E-state index contributed by atoms with van der Waals surface area (Å²) in [7, 11) is 1.18. The zero-order valence-electron chi connectivity index (χ0n) is 18.3. The van der Waals surface area contributed by atoms with Crippen LogP contribution < -0.4 is 5.32 Å². The van der Waals surface area contributed by atoms with Gasteiger partial charge in [0.25, 0.3) is 5.91 Å². The maximum Gasteiger partial charge on any atom is 0.335 e. The van der Waals surface area contributed by atoms with Crippen LogP contribution in [0.2, 0.25) is 0 Å². The number of aliphatic hydroxyl groups excluding tert-OH is 4. The van der Waals surface area contributed by atoms with Gasteiger partial charge in [-0.1, -0.05) is 0 Å². The van der Waals surface area contributed by atoms with Gasteiger partial charge in [0.05, 0.1) is 6.10 Å². The Morgan fingerprint density at radius 1 is 0.941 bits per heavy atom. The van der Waals surface area contributed by atoms with Crippen molar-refractivity contribution >= 4 is 23.9 Å². The van der Waals surface area contributed by atoms with E-state index in [2.05, 4.69) is 5.32 Å². The molecule has 13 nitrogen and oxygen atoms in total. The van der Waals surface area contributed by atoms with Gasteiger partial charge < -0.3 is 49.8 Å². The topological polar surface area (TPSA) is 201 Å². The number of amides is 1. The van der Waals surface area contributed by atoms with Crippen molar-refractivity contribution in [2.45, 2.75) is 68.1 Å². The molecular weight excluding hydrogens is 458 g/mol. The van der Waals surface area contributed by atoms with E-state index in [1.54, 1.807) is 0 Å². The second-order valence-corrected chi connectivity index (χ2v) is 8.02. The van der Waals surface area contributed by atoms with Gasteiger partial charge in [-0.05, 0) is 31.2 Å². The maximum atomic E-state index is 12.9. The molecule has 0 radical (unpaired) electrons. The number of carbonyl (C=O) groups excluding carboxylic acids is 2. The molecule has 3 rings (SSSR count). The van der Waals surface area contributed by atoms with E-state index in [1.807, 2.05) is 0 Å². The minimum atomic E-state index is -1.81. The van der Waals surface area contributed by atoms with Gasteiger partial charge in [0.1, 0.15) is 42.9 Å². The molecule has 2 aliphatic heterocycles. The van der Waals surface area contributed by atoms with Crippen molar-refractivity contribution < 1.29 is 58.9 Å². The average Bonchev–Trinajstić information content (AvgIpc) is 2.82. The molecule has 2 aliphatic rings. The zero-order chi connectivity index (χ0) is 25.2. The van der Waals surface area contributed by atoms with Crippen LogP contribution in [0.3, 0.4) is 0 Å². The smallest absolute Gasteiger partial charge is 0.335 e. The number of ether oxygens (including phenoxy) is 4. The summed E-state index contributed by atoms with van der Waals surface area (Å²) in [4.78, 5) is 35.3. The van der Waals surface area contributed by atoms with E-state index in [-0.39, 0.29) is 0 Å². The second-order valence-electron chi connectivity index (χ2n) is 8.02. The first-order valence-electron chi connectivity index (χ1n) is 10.4. The molecule has 1 amide bonds. The van der Waals surface area contributed by atoms with Crippen molar-refractivity contribution in [3.63, 3.8) is 0 Å². The van der Waals surface area contributed by atoms with Gasteiger partial charge in [-0.2, -0.15) is 0 Å². The quantitative estimate of drug-likeness (QED) is 0.230. The first-order chi connectivity index (χ1) is 16.1. The first kappa shape index (κ1) is 26.1. The summed E-state index contributed by atoms with van der Waals surface area (Å²) in [6.45, 7) is 1.36. The molecule has 4 unspecified atom stereocenters. The number of carboxylic acids is 1. The van der Waals surface area contributed by atoms with Crippen LogP contribution in [0.4, 0.5) is 5.69 Å². The predicted octanol–water partition coefficient (Wildman–Crippen LogP) is -2.12. The SMILES string of the molecule is CO[C@H]1C(O)C(O)[C@@H](O[C@H]2C(O)C(O)[C@H](C)O[C@H]2C(=O)O)O[C@@H]1C(=O)Nc1ccc(C=O)cc1. The molecule has 0 saturated carbocycles. The number of anilines is 1. The summed E-state index contributed by atoms with van der Waals surface area (Å²) in [5, 5.41) is 53.4. The van der Waals surface area contributed by atoms with Gasteiger partial charge in [0, 0.05) is 18.4 Å². The van der Waals surface area contributed by atoms with E-state index in [9.17, 15) is 39.9 Å². The number of aliphatic hydroxyl groups is 4. The Kier molecular flexibility index (Phi) is 8.33. The second kappa shape index (κ2) is 10.8. The van der Waals surface area contributed by atoms with Crippen LogP contribution in [-0.2, 0) is 28.5 Å². The summed E-state index contributed by atoms with van der Waals surface area (Å²) in [6.07, 6.45) is -15.2. The summed E-state index contributed by atoms with van der Waals surface area (Å²) >= 11 is 0. The van der Waals surface area contributed by atoms with Crippen molar-refractivity contribution in [2.75, 3.05) is 12.4 Å². The van der Waals surface area contributed by atoms with E-state index in [4.69, 9.17) is 18.9 Å². The molecule has 0 spiro atoms. The van der Waals surface area contributed by atoms with E-state index in [0.717, 1.165) is 0 Å². The van der Waals surface area contributed by atoms with Crippen molar-refractivity contribution in [1.82, 2.24) is 0 Å². The summed E-state index contributed by atoms with van der Waals surface area (Å²) in [5.74, 6) is -2.30. The van der Waals surface area contributed by atoms with Gasteiger partial charge in [-0.15, -0.1) is 0 Å². The number of rotatable bonds is 7. The minimum absolute atomic E-state index is 0.297. The predicted molar refractivity (Wildman–Crippen MR) is 111 cm³/mol. The van der Waals surface area contributed by atoms with Crippen LogP contribution in [0.15, 0.2) is 24.3 Å². The molecule has 0 bridgehead atoms. The molecule has 0 aromatic heterocycles. The van der Waals surface area contributed by atoms with Crippen LogP contribution in [0.5, 0.6) is 0 Å². The van der Waals surface area contributed by atoms with E-state index in [1.165, 1.54) is 38.3 Å². The Morgan fingerprint density at radius 3 is 2.12 bits per heavy atom. The summed E-state index contributed by atoms with van der Waals surface area (Å²) in [6, 6.07) is 5.85. The normalized spacial score (nSPS) is 38.2. The molecule has 1 aromatic carbocycles. The van der Waals surface area contributed by atoms with Crippen molar-refractivity contribution in [3.8, 4) is 0 Å². The molecule has 13 heteroatoms. The molecular formula is C21H27NO12.